The van der Waals surface area contributed by atoms with Crippen molar-refractivity contribution in [1.29, 1.82) is 0 Å². The van der Waals surface area contributed by atoms with Gasteiger partial charge in [0.05, 0.1) is 0 Å². The Morgan fingerprint density at radius 1 is 0.870 bits per heavy atom. The Morgan fingerprint density at radius 2 is 1.57 bits per heavy atom. The molecule has 2 aromatic carbocycles. The molecule has 3 rings (SSSR count). The lowest BCUT2D eigenvalue weighted by molar-refractivity contribution is 0.0955. The van der Waals surface area contributed by atoms with E-state index >= 15 is 0 Å². The summed E-state index contributed by atoms with van der Waals surface area (Å²) >= 11 is 0. The van der Waals surface area contributed by atoms with Gasteiger partial charge >= 0.3 is 0 Å². The molecule has 0 atom stereocenters. The van der Waals surface area contributed by atoms with E-state index in [0.29, 0.717) is 12.1 Å². The minimum Gasteiger partial charge on any atom is -0.330 e. The van der Waals surface area contributed by atoms with Gasteiger partial charge in [-0.2, -0.15) is 0 Å². The second-order valence-electron chi connectivity index (χ2n) is 5.21. The lowest BCUT2D eigenvalue weighted by Gasteiger charge is -2.23. The van der Waals surface area contributed by atoms with Gasteiger partial charge < -0.3 is 10.2 Å². The Bertz CT molecular complexity index is 746. The van der Waals surface area contributed by atoms with E-state index in [1.165, 1.54) is 5.56 Å². The molecule has 23 heavy (non-hydrogen) atoms. The lowest BCUT2D eigenvalue weighted by Crippen LogP contribution is -2.32. The van der Waals surface area contributed by atoms with Crippen LogP contribution in [-0.4, -0.2) is 10.8 Å². The zero-order valence-corrected chi connectivity index (χ0v) is 12.7. The molecule has 1 N–H and O–H groups in total. The molecule has 0 saturated carbocycles. The first-order valence-corrected chi connectivity index (χ1v) is 7.55. The number of nitrogens with zero attached hydrogens (tertiary/aromatic N) is 1. The predicted octanol–water partition coefficient (Wildman–Crippen LogP) is 3.84. The van der Waals surface area contributed by atoms with Gasteiger partial charge in [-0.15, -0.1) is 0 Å². The van der Waals surface area contributed by atoms with Gasteiger partial charge in [-0.05, 0) is 29.8 Å². The molecule has 1 heterocycles. The first kappa shape index (κ1) is 14.9. The second-order valence-corrected chi connectivity index (χ2v) is 5.21. The van der Waals surface area contributed by atoms with Crippen LogP contribution in [0.3, 0.4) is 0 Å². The van der Waals surface area contributed by atoms with Crippen LogP contribution in [0.15, 0.2) is 97.0 Å². The van der Waals surface area contributed by atoms with Crippen molar-refractivity contribution in [3.8, 4) is 0 Å². The summed E-state index contributed by atoms with van der Waals surface area (Å²) in [6, 6.07) is 19.4. The van der Waals surface area contributed by atoms with E-state index < -0.39 is 0 Å². The zero-order chi connectivity index (χ0) is 15.9. The monoisotopic (exact) mass is 302 g/mol. The summed E-state index contributed by atoms with van der Waals surface area (Å²) in [5.74, 6) is 0.645. The van der Waals surface area contributed by atoms with E-state index in [1.54, 1.807) is 12.1 Å². The van der Waals surface area contributed by atoms with Gasteiger partial charge in [0.25, 0.3) is 5.91 Å². The van der Waals surface area contributed by atoms with Crippen molar-refractivity contribution < 1.29 is 4.79 Å². The molecule has 0 aliphatic carbocycles. The van der Waals surface area contributed by atoms with Crippen LogP contribution in [0, 0.1) is 0 Å². The van der Waals surface area contributed by atoms with Crippen LogP contribution in [0.1, 0.15) is 15.9 Å². The van der Waals surface area contributed by atoms with Gasteiger partial charge in [0.1, 0.15) is 5.82 Å². The van der Waals surface area contributed by atoms with Crippen LogP contribution in [0.25, 0.3) is 0 Å². The fourth-order valence-corrected chi connectivity index (χ4v) is 2.35. The van der Waals surface area contributed by atoms with Gasteiger partial charge in [0, 0.05) is 18.3 Å². The Morgan fingerprint density at radius 3 is 2.30 bits per heavy atom. The number of allylic oxidation sites excluding steroid dienone is 4. The third-order valence-corrected chi connectivity index (χ3v) is 3.53. The summed E-state index contributed by atoms with van der Waals surface area (Å²) < 4.78 is 0. The van der Waals surface area contributed by atoms with E-state index in [2.05, 4.69) is 17.4 Å². The van der Waals surface area contributed by atoms with Crippen LogP contribution in [0.4, 0.5) is 0 Å². The SMILES string of the molecule is O=C(NC1=CC=CC=CN1Cc1ccccc1)c1ccccc1. The molecule has 114 valence electrons. The number of rotatable bonds is 4. The van der Waals surface area contributed by atoms with Crippen LogP contribution in [0.5, 0.6) is 0 Å². The molecule has 1 aliphatic rings. The average molecular weight is 302 g/mol. The number of hydrogen-bond donors (Lipinski definition) is 1. The predicted molar refractivity (Wildman–Crippen MR) is 92.3 cm³/mol. The van der Waals surface area contributed by atoms with E-state index in [9.17, 15) is 4.79 Å². The Balaban J connectivity index is 1.77. The molecule has 3 heteroatoms. The maximum absolute atomic E-state index is 12.4. The van der Waals surface area contributed by atoms with Gasteiger partial charge in [0.2, 0.25) is 0 Å². The van der Waals surface area contributed by atoms with Crippen molar-refractivity contribution in [2.75, 3.05) is 0 Å². The molecule has 0 saturated heterocycles. The third-order valence-electron chi connectivity index (χ3n) is 3.53. The molecule has 3 nitrogen and oxygen atoms in total. The van der Waals surface area contributed by atoms with Gasteiger partial charge in [0.15, 0.2) is 0 Å². The maximum atomic E-state index is 12.4. The van der Waals surface area contributed by atoms with Gasteiger partial charge in [-0.25, -0.2) is 0 Å². The van der Waals surface area contributed by atoms with E-state index in [-0.39, 0.29) is 5.91 Å². The zero-order valence-electron chi connectivity index (χ0n) is 12.7. The van der Waals surface area contributed by atoms with Crippen LogP contribution in [0.2, 0.25) is 0 Å². The fourth-order valence-electron chi connectivity index (χ4n) is 2.35. The molecular weight excluding hydrogens is 284 g/mol. The quantitative estimate of drug-likeness (QED) is 0.930. The van der Waals surface area contributed by atoms with Crippen LogP contribution >= 0.6 is 0 Å². The standard InChI is InChI=1S/C20H18N2O/c23-20(18-12-6-2-7-13-18)21-19-14-8-3-9-15-22(19)16-17-10-4-1-5-11-17/h1-15H,16H2,(H,21,23). The molecule has 0 radical (unpaired) electrons. The highest BCUT2D eigenvalue weighted by Crippen LogP contribution is 2.13. The Hall–Kier alpha value is -3.07. The third kappa shape index (κ3) is 3.98. The topological polar surface area (TPSA) is 32.3 Å². The normalized spacial score (nSPS) is 13.4. The van der Waals surface area contributed by atoms with Crippen molar-refractivity contribution in [2.45, 2.75) is 6.54 Å². The molecule has 0 fully saturated rings. The number of carbonyl (C=O) groups is 1. The summed E-state index contributed by atoms with van der Waals surface area (Å²) in [5.41, 5.74) is 1.82. The lowest BCUT2D eigenvalue weighted by atomic mass is 10.2. The van der Waals surface area contributed by atoms with Gasteiger partial charge in [-0.1, -0.05) is 60.7 Å². The van der Waals surface area contributed by atoms with E-state index in [1.807, 2.05) is 71.8 Å². The summed E-state index contributed by atoms with van der Waals surface area (Å²) in [4.78, 5) is 14.4. The Labute approximate surface area is 136 Å². The van der Waals surface area contributed by atoms with Crippen LogP contribution < -0.4 is 5.32 Å². The first-order chi connectivity index (χ1) is 11.3. The van der Waals surface area contributed by atoms with Crippen molar-refractivity contribution in [2.24, 2.45) is 0 Å². The van der Waals surface area contributed by atoms with Crippen LogP contribution in [-0.2, 0) is 6.54 Å². The molecule has 0 aromatic heterocycles. The minimum atomic E-state index is -0.112. The summed E-state index contributed by atoms with van der Waals surface area (Å²) in [7, 11) is 0. The number of hydrogen-bond acceptors (Lipinski definition) is 2. The summed E-state index contributed by atoms with van der Waals surface area (Å²) in [5, 5.41) is 2.99. The number of benzene rings is 2. The highest BCUT2D eigenvalue weighted by molar-refractivity contribution is 5.95. The van der Waals surface area contributed by atoms with E-state index in [0.717, 1.165) is 5.82 Å². The highest BCUT2D eigenvalue weighted by Gasteiger charge is 2.13. The fraction of sp³-hybridized carbons (Fsp3) is 0.0500. The minimum absolute atomic E-state index is 0.112. The molecule has 2 aromatic rings. The number of nitrogens with one attached hydrogen (secondary N) is 1. The Kier molecular flexibility index (Phi) is 4.69. The number of carbonyl (C=O) groups excluding carboxylic acids is 1. The first-order valence-electron chi connectivity index (χ1n) is 7.55. The molecule has 0 unspecified atom stereocenters. The summed E-state index contributed by atoms with van der Waals surface area (Å²) in [6.45, 7) is 0.694. The smallest absolute Gasteiger partial charge is 0.256 e. The average Bonchev–Trinajstić information content (AvgIpc) is 2.82. The molecular formula is C20H18N2O. The molecule has 0 spiro atoms. The van der Waals surface area contributed by atoms with Crippen molar-refractivity contribution in [3.05, 3.63) is 108 Å². The van der Waals surface area contributed by atoms with Gasteiger partial charge in [-0.3, -0.25) is 4.79 Å². The van der Waals surface area contributed by atoms with E-state index in [4.69, 9.17) is 0 Å². The summed E-state index contributed by atoms with van der Waals surface area (Å²) in [6.07, 6.45) is 9.69. The highest BCUT2D eigenvalue weighted by atomic mass is 16.1. The van der Waals surface area contributed by atoms with Crippen molar-refractivity contribution in [1.82, 2.24) is 10.2 Å². The second kappa shape index (κ2) is 7.27. The number of amides is 1. The molecule has 0 bridgehead atoms. The molecule has 1 aliphatic heterocycles. The largest absolute Gasteiger partial charge is 0.330 e. The molecule has 1 amide bonds. The maximum Gasteiger partial charge on any atom is 0.256 e. The van der Waals surface area contributed by atoms with Crippen molar-refractivity contribution in [3.63, 3.8) is 0 Å². The van der Waals surface area contributed by atoms with Crippen molar-refractivity contribution >= 4 is 5.91 Å².